The second kappa shape index (κ2) is 8.75. The average Bonchev–Trinajstić information content (AvgIpc) is 3.15. The Balaban J connectivity index is 1.32. The van der Waals surface area contributed by atoms with Crippen LogP contribution in [0.5, 0.6) is 11.5 Å². The van der Waals surface area contributed by atoms with Gasteiger partial charge in [0.25, 0.3) is 0 Å². The molecule has 1 aromatic carbocycles. The van der Waals surface area contributed by atoms with Gasteiger partial charge >= 0.3 is 0 Å². The maximum Gasteiger partial charge on any atom is 0.250 e. The molecule has 2 aromatic rings. The Morgan fingerprint density at radius 1 is 1.32 bits per heavy atom. The van der Waals surface area contributed by atoms with Crippen molar-refractivity contribution in [2.24, 2.45) is 0 Å². The van der Waals surface area contributed by atoms with Crippen molar-refractivity contribution in [3.63, 3.8) is 0 Å². The van der Waals surface area contributed by atoms with Crippen molar-refractivity contribution in [3.05, 3.63) is 40.9 Å². The number of anilines is 1. The van der Waals surface area contributed by atoms with E-state index >= 15 is 0 Å². The molecule has 28 heavy (non-hydrogen) atoms. The Bertz CT molecular complexity index is 864. The van der Waals surface area contributed by atoms with Gasteiger partial charge in [-0.25, -0.2) is 4.98 Å². The Labute approximate surface area is 169 Å². The number of hydrogen-bond acceptors (Lipinski definition) is 6. The number of thiazole rings is 1. The van der Waals surface area contributed by atoms with Crippen LogP contribution in [0, 0.1) is 0 Å². The van der Waals surface area contributed by atoms with Gasteiger partial charge in [-0.15, -0.1) is 11.3 Å². The molecule has 3 heterocycles. The number of ether oxygens (including phenoxy) is 2. The third-order valence-electron chi connectivity index (χ3n) is 5.08. The Hall–Kier alpha value is -2.38. The van der Waals surface area contributed by atoms with E-state index in [1.807, 2.05) is 24.4 Å². The van der Waals surface area contributed by atoms with Gasteiger partial charge in [0, 0.05) is 29.7 Å². The number of benzene rings is 1. The van der Waals surface area contributed by atoms with Crippen LogP contribution in [0.2, 0.25) is 0 Å². The van der Waals surface area contributed by atoms with Gasteiger partial charge in [-0.1, -0.05) is 12.5 Å². The van der Waals surface area contributed by atoms with Gasteiger partial charge in [-0.05, 0) is 50.1 Å². The molecule has 0 saturated carbocycles. The fourth-order valence-corrected chi connectivity index (χ4v) is 4.35. The fraction of sp³-hybridized carbons (Fsp3) is 0.429. The summed E-state index contributed by atoms with van der Waals surface area (Å²) in [6.07, 6.45) is 8.98. The highest BCUT2D eigenvalue weighted by atomic mass is 32.1. The quantitative estimate of drug-likeness (QED) is 0.772. The molecule has 1 amide bonds. The molecule has 0 spiro atoms. The largest absolute Gasteiger partial charge is 0.486 e. The van der Waals surface area contributed by atoms with Crippen LogP contribution in [0.4, 0.5) is 5.13 Å². The number of aromatic nitrogens is 1. The first-order chi connectivity index (χ1) is 13.7. The zero-order chi connectivity index (χ0) is 19.3. The summed E-state index contributed by atoms with van der Waals surface area (Å²) in [5.74, 6) is 1.26. The Kier molecular flexibility index (Phi) is 5.92. The average molecular weight is 400 g/mol. The minimum atomic E-state index is -0.192. The molecule has 0 bridgehead atoms. The summed E-state index contributed by atoms with van der Waals surface area (Å²) in [6, 6.07) is 6.25. The monoisotopic (exact) mass is 399 g/mol. The number of nitrogens with zero attached hydrogens (tertiary/aromatic N) is 2. The molecule has 1 N–H and O–H groups in total. The highest BCUT2D eigenvalue weighted by Gasteiger charge is 2.19. The number of likely N-dealkylation sites (tertiary alicyclic amines) is 1. The predicted octanol–water partition coefficient (Wildman–Crippen LogP) is 3.94. The van der Waals surface area contributed by atoms with Crippen LogP contribution in [-0.2, 0) is 11.3 Å². The molecule has 0 aliphatic carbocycles. The Morgan fingerprint density at radius 3 is 3.04 bits per heavy atom. The number of amides is 1. The molecule has 2 aliphatic heterocycles. The van der Waals surface area contributed by atoms with E-state index in [1.165, 1.54) is 30.2 Å². The smallest absolute Gasteiger partial charge is 0.250 e. The van der Waals surface area contributed by atoms with Crippen molar-refractivity contribution in [1.29, 1.82) is 0 Å². The lowest BCUT2D eigenvalue weighted by molar-refractivity contribution is -0.111. The van der Waals surface area contributed by atoms with Gasteiger partial charge in [-0.3, -0.25) is 15.0 Å². The van der Waals surface area contributed by atoms with Gasteiger partial charge in [0.05, 0.1) is 0 Å². The molecule has 0 radical (unpaired) electrons. The third kappa shape index (κ3) is 4.72. The molecule has 148 valence electrons. The molecule has 7 heteroatoms. The topological polar surface area (TPSA) is 63.7 Å². The summed E-state index contributed by atoms with van der Waals surface area (Å²) in [6.45, 7) is 5.44. The minimum absolute atomic E-state index is 0.192. The number of fused-ring (bicyclic) bond motifs is 1. The van der Waals surface area contributed by atoms with Crippen molar-refractivity contribution in [2.75, 3.05) is 25.1 Å². The van der Waals surface area contributed by atoms with E-state index in [4.69, 9.17) is 9.47 Å². The fourth-order valence-electron chi connectivity index (χ4n) is 3.51. The number of nitrogens with one attached hydrogen (secondary N) is 1. The molecular weight excluding hydrogens is 374 g/mol. The number of rotatable bonds is 5. The van der Waals surface area contributed by atoms with Gasteiger partial charge in [0.15, 0.2) is 16.6 Å². The summed E-state index contributed by atoms with van der Waals surface area (Å²) in [5, 5.41) is 3.49. The van der Waals surface area contributed by atoms with E-state index in [-0.39, 0.29) is 5.91 Å². The van der Waals surface area contributed by atoms with Crippen molar-refractivity contribution >= 4 is 28.5 Å². The van der Waals surface area contributed by atoms with Crippen LogP contribution < -0.4 is 14.8 Å². The van der Waals surface area contributed by atoms with Gasteiger partial charge in [0.1, 0.15) is 13.2 Å². The van der Waals surface area contributed by atoms with Crippen molar-refractivity contribution in [1.82, 2.24) is 9.88 Å². The second-order valence-corrected chi connectivity index (χ2v) is 8.29. The minimum Gasteiger partial charge on any atom is -0.486 e. The standard InChI is InChI=1S/C21H25N3O3S/c1-15-4-2-3-9-24(15)14-17-13-22-21(28-17)23-20(25)8-6-16-5-7-18-19(12-16)27-11-10-26-18/h5-8,12-13,15H,2-4,9-11,14H2,1H3,(H,22,23,25)/b8-6-. The van der Waals surface area contributed by atoms with E-state index in [0.717, 1.165) is 24.4 Å². The van der Waals surface area contributed by atoms with Crippen molar-refractivity contribution in [3.8, 4) is 11.5 Å². The summed E-state index contributed by atoms with van der Waals surface area (Å²) in [5.41, 5.74) is 0.887. The van der Waals surface area contributed by atoms with Crippen molar-refractivity contribution < 1.29 is 14.3 Å². The summed E-state index contributed by atoms with van der Waals surface area (Å²) in [4.78, 5) is 20.2. The molecule has 1 atom stereocenters. The SMILES string of the molecule is CC1CCCCN1Cc1cnc(NC(=O)/C=C\c2ccc3c(c2)OCCO3)s1. The number of carbonyl (C=O) groups is 1. The van der Waals surface area contributed by atoms with E-state index in [0.29, 0.717) is 30.1 Å². The zero-order valence-electron chi connectivity index (χ0n) is 16.0. The molecule has 1 saturated heterocycles. The second-order valence-electron chi connectivity index (χ2n) is 7.17. The van der Waals surface area contributed by atoms with Crippen LogP contribution in [0.1, 0.15) is 36.6 Å². The molecule has 2 aliphatic rings. The van der Waals surface area contributed by atoms with Crippen LogP contribution in [0.3, 0.4) is 0 Å². The third-order valence-corrected chi connectivity index (χ3v) is 5.97. The van der Waals surface area contributed by atoms with Gasteiger partial charge in [-0.2, -0.15) is 0 Å². The number of piperidine rings is 1. The first-order valence-corrected chi connectivity index (χ1v) is 10.6. The van der Waals surface area contributed by atoms with Crippen LogP contribution >= 0.6 is 11.3 Å². The molecule has 1 unspecified atom stereocenters. The first-order valence-electron chi connectivity index (χ1n) is 9.75. The highest BCUT2D eigenvalue weighted by molar-refractivity contribution is 7.15. The van der Waals surface area contributed by atoms with Crippen molar-refractivity contribution in [2.45, 2.75) is 38.8 Å². The number of hydrogen-bond donors (Lipinski definition) is 1. The first kappa shape index (κ1) is 19.0. The van der Waals surface area contributed by atoms with E-state index in [9.17, 15) is 4.79 Å². The lowest BCUT2D eigenvalue weighted by Crippen LogP contribution is -2.36. The highest BCUT2D eigenvalue weighted by Crippen LogP contribution is 2.31. The summed E-state index contributed by atoms with van der Waals surface area (Å²) >= 11 is 1.54. The van der Waals surface area contributed by atoms with E-state index < -0.39 is 0 Å². The molecular formula is C21H25N3O3S. The normalized spacial score (nSPS) is 19.7. The van der Waals surface area contributed by atoms with Crippen LogP contribution in [0.25, 0.3) is 6.08 Å². The number of carbonyl (C=O) groups excluding carboxylic acids is 1. The van der Waals surface area contributed by atoms with Crippen LogP contribution in [0.15, 0.2) is 30.5 Å². The van der Waals surface area contributed by atoms with E-state index in [2.05, 4.69) is 22.1 Å². The maximum absolute atomic E-state index is 12.2. The summed E-state index contributed by atoms with van der Waals surface area (Å²) < 4.78 is 11.1. The van der Waals surface area contributed by atoms with Gasteiger partial charge < -0.3 is 9.47 Å². The zero-order valence-corrected chi connectivity index (χ0v) is 16.8. The van der Waals surface area contributed by atoms with E-state index in [1.54, 1.807) is 17.4 Å². The Morgan fingerprint density at radius 2 is 2.18 bits per heavy atom. The molecule has 1 fully saturated rings. The predicted molar refractivity (Wildman–Crippen MR) is 111 cm³/mol. The lowest BCUT2D eigenvalue weighted by Gasteiger charge is -2.32. The summed E-state index contributed by atoms with van der Waals surface area (Å²) in [7, 11) is 0. The molecule has 4 rings (SSSR count). The lowest BCUT2D eigenvalue weighted by atomic mass is 10.0. The maximum atomic E-state index is 12.2. The van der Waals surface area contributed by atoms with Crippen LogP contribution in [-0.4, -0.2) is 41.6 Å². The molecule has 1 aromatic heterocycles. The van der Waals surface area contributed by atoms with Gasteiger partial charge in [0.2, 0.25) is 5.91 Å². The molecule has 6 nitrogen and oxygen atoms in total.